The van der Waals surface area contributed by atoms with Crippen molar-refractivity contribution < 1.29 is 24.0 Å². The number of non-ortho nitro benzene ring substituents is 1. The molecule has 0 saturated heterocycles. The second-order valence-electron chi connectivity index (χ2n) is 6.73. The number of carbonyl (C=O) groups excluding carboxylic acids is 2. The lowest BCUT2D eigenvalue weighted by Gasteiger charge is -2.09. The van der Waals surface area contributed by atoms with Gasteiger partial charge in [-0.2, -0.15) is 5.26 Å². The summed E-state index contributed by atoms with van der Waals surface area (Å²) in [5.41, 5.74) is 0.671. The highest BCUT2D eigenvalue weighted by Gasteiger charge is 2.16. The third kappa shape index (κ3) is 6.05. The quantitative estimate of drug-likeness (QED) is 0.114. The molecule has 3 rings (SSSR count). The number of rotatable bonds is 7. The predicted molar refractivity (Wildman–Crippen MR) is 127 cm³/mol. The highest BCUT2D eigenvalue weighted by molar-refractivity contribution is 9.10. The first-order valence-corrected chi connectivity index (χ1v) is 10.4. The average Bonchev–Trinajstić information content (AvgIpc) is 2.83. The van der Waals surface area contributed by atoms with Gasteiger partial charge in [0.1, 0.15) is 23.1 Å². The highest BCUT2D eigenvalue weighted by atomic mass is 79.9. The lowest BCUT2D eigenvalue weighted by atomic mass is 10.1. The van der Waals surface area contributed by atoms with E-state index in [1.165, 1.54) is 43.5 Å². The Balaban J connectivity index is 1.72. The van der Waals surface area contributed by atoms with Crippen molar-refractivity contribution in [1.29, 1.82) is 5.26 Å². The maximum Gasteiger partial charge on any atom is 0.343 e. The number of nitro benzene ring substituents is 1. The van der Waals surface area contributed by atoms with E-state index >= 15 is 0 Å². The number of hydrogen-bond donors (Lipinski definition) is 1. The molecule has 0 aliphatic carbocycles. The summed E-state index contributed by atoms with van der Waals surface area (Å²) in [4.78, 5) is 35.1. The zero-order valence-electron chi connectivity index (χ0n) is 17.7. The normalized spacial score (nSPS) is 10.7. The molecule has 0 saturated carbocycles. The molecule has 3 aromatic rings. The number of halogens is 1. The van der Waals surface area contributed by atoms with Crippen LogP contribution in [0.3, 0.4) is 0 Å². The fourth-order valence-electron chi connectivity index (χ4n) is 2.79. The second kappa shape index (κ2) is 10.9. The molecule has 1 N–H and O–H groups in total. The van der Waals surface area contributed by atoms with Crippen LogP contribution in [0.1, 0.15) is 15.9 Å². The molecule has 0 fully saturated rings. The van der Waals surface area contributed by atoms with Crippen LogP contribution in [0, 0.1) is 21.4 Å². The van der Waals surface area contributed by atoms with Crippen molar-refractivity contribution in [2.24, 2.45) is 0 Å². The first kappa shape index (κ1) is 24.2. The van der Waals surface area contributed by atoms with Crippen LogP contribution < -0.4 is 14.8 Å². The van der Waals surface area contributed by atoms with Gasteiger partial charge in [0.15, 0.2) is 0 Å². The Kier molecular flexibility index (Phi) is 7.74. The van der Waals surface area contributed by atoms with Gasteiger partial charge in [0.2, 0.25) is 0 Å². The van der Waals surface area contributed by atoms with Gasteiger partial charge in [0, 0.05) is 10.5 Å². The molecule has 0 heterocycles. The predicted octanol–water partition coefficient (Wildman–Crippen LogP) is 5.13. The Morgan fingerprint density at radius 1 is 1.09 bits per heavy atom. The van der Waals surface area contributed by atoms with Gasteiger partial charge in [0.25, 0.3) is 11.6 Å². The summed E-state index contributed by atoms with van der Waals surface area (Å²) in [6, 6.07) is 18.5. The summed E-state index contributed by atoms with van der Waals surface area (Å²) in [7, 11) is 1.31. The summed E-state index contributed by atoms with van der Waals surface area (Å²) >= 11 is 3.30. The maximum absolute atomic E-state index is 12.6. The third-order valence-electron chi connectivity index (χ3n) is 4.49. The van der Waals surface area contributed by atoms with E-state index in [1.807, 2.05) is 6.07 Å². The number of amides is 1. The number of nitriles is 1. The topological polar surface area (TPSA) is 132 Å². The van der Waals surface area contributed by atoms with Crippen LogP contribution in [-0.4, -0.2) is 23.9 Å². The number of nitrogens with zero attached hydrogens (tertiary/aromatic N) is 2. The third-order valence-corrected chi connectivity index (χ3v) is 5.02. The maximum atomic E-state index is 12.6. The molecule has 0 aliphatic heterocycles. The van der Waals surface area contributed by atoms with Gasteiger partial charge in [-0.1, -0.05) is 28.1 Å². The monoisotopic (exact) mass is 521 g/mol. The summed E-state index contributed by atoms with van der Waals surface area (Å²) in [5, 5.41) is 22.8. The zero-order valence-corrected chi connectivity index (χ0v) is 19.2. The molecule has 0 unspecified atom stereocenters. The number of methoxy groups -OCH3 is 1. The molecule has 9 nitrogen and oxygen atoms in total. The molecule has 10 heteroatoms. The van der Waals surface area contributed by atoms with E-state index in [4.69, 9.17) is 9.47 Å². The van der Waals surface area contributed by atoms with Crippen LogP contribution in [0.15, 0.2) is 76.8 Å². The van der Waals surface area contributed by atoms with Crippen LogP contribution in [-0.2, 0) is 4.79 Å². The molecule has 0 atom stereocenters. The SMILES string of the molecule is COc1cc([N+](=O)[O-])ccc1NC(=O)C(C#N)=Cc1ccc(OC(=O)c2ccc(Br)cc2)cc1. The minimum Gasteiger partial charge on any atom is -0.494 e. The van der Waals surface area contributed by atoms with Gasteiger partial charge in [-0.3, -0.25) is 14.9 Å². The smallest absolute Gasteiger partial charge is 0.343 e. The fraction of sp³-hybridized carbons (Fsp3) is 0.0417. The van der Waals surface area contributed by atoms with E-state index in [1.54, 1.807) is 36.4 Å². The number of hydrogen-bond acceptors (Lipinski definition) is 7. The summed E-state index contributed by atoms with van der Waals surface area (Å²) in [6.45, 7) is 0. The Morgan fingerprint density at radius 2 is 1.76 bits per heavy atom. The van der Waals surface area contributed by atoms with E-state index < -0.39 is 16.8 Å². The molecule has 170 valence electrons. The Bertz CT molecular complexity index is 1310. The number of nitro groups is 1. The minimum atomic E-state index is -0.722. The van der Waals surface area contributed by atoms with Crippen molar-refractivity contribution in [3.63, 3.8) is 0 Å². The molecule has 0 radical (unpaired) electrons. The molecule has 3 aromatic carbocycles. The van der Waals surface area contributed by atoms with E-state index in [0.717, 1.165) is 4.47 Å². The number of ether oxygens (including phenoxy) is 2. The van der Waals surface area contributed by atoms with E-state index in [0.29, 0.717) is 16.9 Å². The summed E-state index contributed by atoms with van der Waals surface area (Å²) < 4.78 is 11.2. The first-order valence-electron chi connectivity index (χ1n) is 9.64. The molecule has 34 heavy (non-hydrogen) atoms. The summed E-state index contributed by atoms with van der Waals surface area (Å²) in [6.07, 6.45) is 1.35. The number of benzene rings is 3. The summed E-state index contributed by atoms with van der Waals surface area (Å²) in [5.74, 6) is -0.870. The van der Waals surface area contributed by atoms with Crippen molar-refractivity contribution in [3.8, 4) is 17.6 Å². The highest BCUT2D eigenvalue weighted by Crippen LogP contribution is 2.29. The van der Waals surface area contributed by atoms with Gasteiger partial charge < -0.3 is 14.8 Å². The molecular formula is C24H16BrN3O6. The Hall–Kier alpha value is -4.49. The van der Waals surface area contributed by atoms with Crippen molar-refractivity contribution in [1.82, 2.24) is 0 Å². The molecule has 0 bridgehead atoms. The second-order valence-corrected chi connectivity index (χ2v) is 7.65. The zero-order chi connectivity index (χ0) is 24.7. The Morgan fingerprint density at radius 3 is 2.35 bits per heavy atom. The first-order chi connectivity index (χ1) is 16.3. The largest absolute Gasteiger partial charge is 0.494 e. The van der Waals surface area contributed by atoms with Crippen molar-refractivity contribution in [2.45, 2.75) is 0 Å². The number of esters is 1. The molecule has 1 amide bonds. The standard InChI is InChI=1S/C24H16BrN3O6/c1-33-22-13-19(28(31)32)8-11-21(22)27-23(29)17(14-26)12-15-2-9-20(10-3-15)34-24(30)16-4-6-18(25)7-5-16/h2-13H,1H3,(H,27,29). The Labute approximate surface area is 202 Å². The number of anilines is 1. The van der Waals surface area contributed by atoms with Crippen LogP contribution in [0.5, 0.6) is 11.5 Å². The van der Waals surface area contributed by atoms with Gasteiger partial charge in [-0.05, 0) is 54.1 Å². The lowest BCUT2D eigenvalue weighted by molar-refractivity contribution is -0.384. The van der Waals surface area contributed by atoms with E-state index in [2.05, 4.69) is 21.2 Å². The minimum absolute atomic E-state index is 0.0804. The van der Waals surface area contributed by atoms with Crippen LogP contribution >= 0.6 is 15.9 Å². The van der Waals surface area contributed by atoms with Gasteiger partial charge >= 0.3 is 5.97 Å². The number of nitrogens with one attached hydrogen (secondary N) is 1. The van der Waals surface area contributed by atoms with E-state index in [-0.39, 0.29) is 22.7 Å². The lowest BCUT2D eigenvalue weighted by Crippen LogP contribution is -2.14. The van der Waals surface area contributed by atoms with Gasteiger partial charge in [0.05, 0.1) is 29.4 Å². The molecule has 0 aliphatic rings. The molecular weight excluding hydrogens is 506 g/mol. The van der Waals surface area contributed by atoms with Crippen LogP contribution in [0.4, 0.5) is 11.4 Å². The fourth-order valence-corrected chi connectivity index (χ4v) is 3.05. The van der Waals surface area contributed by atoms with Crippen molar-refractivity contribution in [3.05, 3.63) is 98.0 Å². The van der Waals surface area contributed by atoms with Crippen LogP contribution in [0.25, 0.3) is 6.08 Å². The average molecular weight is 522 g/mol. The van der Waals surface area contributed by atoms with Crippen molar-refractivity contribution >= 4 is 45.3 Å². The number of carbonyl (C=O) groups is 2. The van der Waals surface area contributed by atoms with E-state index in [9.17, 15) is 25.0 Å². The van der Waals surface area contributed by atoms with Crippen LogP contribution in [0.2, 0.25) is 0 Å². The van der Waals surface area contributed by atoms with Gasteiger partial charge in [-0.15, -0.1) is 0 Å². The van der Waals surface area contributed by atoms with Crippen molar-refractivity contribution in [2.75, 3.05) is 12.4 Å². The molecule has 0 spiro atoms. The molecule has 0 aromatic heterocycles. The van der Waals surface area contributed by atoms with Gasteiger partial charge in [-0.25, -0.2) is 4.79 Å².